The first-order valence-corrected chi connectivity index (χ1v) is 8.82. The maximum Gasteiger partial charge on any atom is 0.251 e. The van der Waals surface area contributed by atoms with Crippen molar-refractivity contribution in [2.45, 2.75) is 57.4 Å². The van der Waals surface area contributed by atoms with Crippen molar-refractivity contribution in [1.82, 2.24) is 9.78 Å². The number of benzene rings is 1. The molecule has 2 atom stereocenters. The van der Waals surface area contributed by atoms with Gasteiger partial charge in [-0.3, -0.25) is 9.48 Å². The van der Waals surface area contributed by atoms with E-state index in [9.17, 15) is 10.1 Å². The standard InChI is InChI=1S/C20H22N4O/c1-12-10-22-24(11-12)20(2,3)19(25)23-16-7-6-15(9-21)17-13-4-5-14(8-13)18(16)17/h6-7,10-11,13-14H,4-5,8H2,1-3H3,(H,23,25). The molecule has 5 nitrogen and oxygen atoms in total. The lowest BCUT2D eigenvalue weighted by atomic mass is 9.87. The molecule has 128 valence electrons. The van der Waals surface area contributed by atoms with Crippen molar-refractivity contribution in [1.29, 1.82) is 5.26 Å². The SMILES string of the molecule is Cc1cnn(C(C)(C)C(=O)Nc2ccc(C#N)c3c2C2CCC3C2)c1. The van der Waals surface area contributed by atoms with Crippen LogP contribution in [0.3, 0.4) is 0 Å². The third-order valence-electron chi connectivity index (χ3n) is 5.75. The van der Waals surface area contributed by atoms with Crippen LogP contribution in [-0.2, 0) is 10.3 Å². The molecule has 4 rings (SSSR count). The number of amides is 1. The summed E-state index contributed by atoms with van der Waals surface area (Å²) in [6.45, 7) is 5.69. The van der Waals surface area contributed by atoms with E-state index in [0.717, 1.165) is 36.1 Å². The first-order chi connectivity index (χ1) is 11.9. The van der Waals surface area contributed by atoms with E-state index in [4.69, 9.17) is 0 Å². The van der Waals surface area contributed by atoms with E-state index >= 15 is 0 Å². The number of nitriles is 1. The Morgan fingerprint density at radius 2 is 2.04 bits per heavy atom. The molecule has 1 aromatic carbocycles. The van der Waals surface area contributed by atoms with Gasteiger partial charge in [0, 0.05) is 11.9 Å². The summed E-state index contributed by atoms with van der Waals surface area (Å²) in [6.07, 6.45) is 7.05. The van der Waals surface area contributed by atoms with Crippen molar-refractivity contribution < 1.29 is 4.79 Å². The minimum atomic E-state index is -0.785. The highest BCUT2D eigenvalue weighted by Gasteiger charge is 2.41. The molecule has 2 aliphatic carbocycles. The fraction of sp³-hybridized carbons (Fsp3) is 0.450. The van der Waals surface area contributed by atoms with Gasteiger partial charge in [-0.15, -0.1) is 0 Å². The van der Waals surface area contributed by atoms with Gasteiger partial charge in [-0.25, -0.2) is 0 Å². The average molecular weight is 334 g/mol. The minimum Gasteiger partial charge on any atom is -0.324 e. The Morgan fingerprint density at radius 3 is 2.68 bits per heavy atom. The largest absolute Gasteiger partial charge is 0.324 e. The van der Waals surface area contributed by atoms with Gasteiger partial charge in [0.05, 0.1) is 17.8 Å². The zero-order valence-corrected chi connectivity index (χ0v) is 14.8. The first-order valence-electron chi connectivity index (χ1n) is 8.82. The Bertz CT molecular complexity index is 903. The molecule has 0 saturated heterocycles. The number of aromatic nitrogens is 2. The third kappa shape index (κ3) is 2.36. The van der Waals surface area contributed by atoms with E-state index in [2.05, 4.69) is 16.5 Å². The van der Waals surface area contributed by atoms with Crippen molar-refractivity contribution in [3.05, 3.63) is 46.8 Å². The number of nitrogens with zero attached hydrogens (tertiary/aromatic N) is 3. The second kappa shape index (κ2) is 5.45. The van der Waals surface area contributed by atoms with Gasteiger partial charge in [0.2, 0.25) is 0 Å². The van der Waals surface area contributed by atoms with Gasteiger partial charge in [0.1, 0.15) is 5.54 Å². The summed E-state index contributed by atoms with van der Waals surface area (Å²) in [4.78, 5) is 13.0. The topological polar surface area (TPSA) is 70.7 Å². The average Bonchev–Trinajstić information content (AvgIpc) is 3.31. The van der Waals surface area contributed by atoms with Gasteiger partial charge in [-0.2, -0.15) is 10.4 Å². The van der Waals surface area contributed by atoms with E-state index < -0.39 is 5.54 Å². The Morgan fingerprint density at radius 1 is 1.32 bits per heavy atom. The van der Waals surface area contributed by atoms with E-state index in [1.165, 1.54) is 11.1 Å². The highest BCUT2D eigenvalue weighted by Crippen LogP contribution is 2.56. The maximum atomic E-state index is 13.0. The van der Waals surface area contributed by atoms with Crippen LogP contribution in [0.5, 0.6) is 0 Å². The number of carbonyl (C=O) groups is 1. The van der Waals surface area contributed by atoms with E-state index in [1.54, 1.807) is 10.9 Å². The van der Waals surface area contributed by atoms with Crippen molar-refractivity contribution in [2.75, 3.05) is 5.32 Å². The van der Waals surface area contributed by atoms with E-state index in [0.29, 0.717) is 11.8 Å². The zero-order chi connectivity index (χ0) is 17.8. The van der Waals surface area contributed by atoms with Crippen LogP contribution < -0.4 is 5.32 Å². The fourth-order valence-electron chi connectivity index (χ4n) is 4.33. The van der Waals surface area contributed by atoms with Crippen molar-refractivity contribution in [3.63, 3.8) is 0 Å². The van der Waals surface area contributed by atoms with Crippen LogP contribution in [0.1, 0.15) is 67.2 Å². The normalized spacial score (nSPS) is 21.0. The predicted octanol–water partition coefficient (Wildman–Crippen LogP) is 3.80. The highest BCUT2D eigenvalue weighted by molar-refractivity contribution is 5.97. The fourth-order valence-corrected chi connectivity index (χ4v) is 4.33. The van der Waals surface area contributed by atoms with E-state index in [-0.39, 0.29) is 5.91 Å². The number of hydrogen-bond donors (Lipinski definition) is 1. The molecule has 0 aliphatic heterocycles. The number of hydrogen-bond acceptors (Lipinski definition) is 3. The molecule has 2 unspecified atom stereocenters. The monoisotopic (exact) mass is 334 g/mol. The predicted molar refractivity (Wildman–Crippen MR) is 95.4 cm³/mol. The Hall–Kier alpha value is -2.61. The van der Waals surface area contributed by atoms with Crippen LogP contribution in [0.15, 0.2) is 24.5 Å². The molecule has 1 amide bonds. The van der Waals surface area contributed by atoms with Crippen LogP contribution in [0.4, 0.5) is 5.69 Å². The summed E-state index contributed by atoms with van der Waals surface area (Å²) in [7, 11) is 0. The molecule has 2 aliphatic rings. The number of carbonyl (C=O) groups excluding carboxylic acids is 1. The molecular formula is C20H22N4O. The number of rotatable bonds is 3. The van der Waals surface area contributed by atoms with Crippen molar-refractivity contribution >= 4 is 11.6 Å². The minimum absolute atomic E-state index is 0.0923. The summed E-state index contributed by atoms with van der Waals surface area (Å²) < 4.78 is 1.70. The lowest BCUT2D eigenvalue weighted by Crippen LogP contribution is -2.40. The number of nitrogens with one attached hydrogen (secondary N) is 1. The summed E-state index contributed by atoms with van der Waals surface area (Å²) in [6, 6.07) is 6.06. The van der Waals surface area contributed by atoms with Gasteiger partial charge in [-0.1, -0.05) is 0 Å². The van der Waals surface area contributed by atoms with E-state index in [1.807, 2.05) is 39.1 Å². The molecule has 5 heteroatoms. The quantitative estimate of drug-likeness (QED) is 0.928. The molecule has 25 heavy (non-hydrogen) atoms. The summed E-state index contributed by atoms with van der Waals surface area (Å²) in [5, 5.41) is 16.9. The van der Waals surface area contributed by atoms with Crippen LogP contribution in [0.2, 0.25) is 0 Å². The smallest absolute Gasteiger partial charge is 0.251 e. The molecule has 0 spiro atoms. The third-order valence-corrected chi connectivity index (χ3v) is 5.75. The van der Waals surface area contributed by atoms with Gasteiger partial charge in [0.15, 0.2) is 0 Å². The zero-order valence-electron chi connectivity index (χ0n) is 14.8. The van der Waals surface area contributed by atoms with Crippen LogP contribution in [-0.4, -0.2) is 15.7 Å². The molecule has 1 fully saturated rings. The lowest BCUT2D eigenvalue weighted by molar-refractivity contribution is -0.123. The van der Waals surface area contributed by atoms with Gasteiger partial charge in [-0.05, 0) is 80.7 Å². The Labute approximate surface area is 147 Å². The van der Waals surface area contributed by atoms with Crippen LogP contribution >= 0.6 is 0 Å². The molecule has 2 aromatic rings. The molecule has 0 radical (unpaired) electrons. The van der Waals surface area contributed by atoms with Gasteiger partial charge in [0.25, 0.3) is 5.91 Å². The molecule has 1 saturated carbocycles. The second-order valence-electron chi connectivity index (χ2n) is 7.78. The summed E-state index contributed by atoms with van der Waals surface area (Å²) in [5.74, 6) is 0.859. The Kier molecular flexibility index (Phi) is 3.47. The van der Waals surface area contributed by atoms with Crippen molar-refractivity contribution in [3.8, 4) is 6.07 Å². The molecular weight excluding hydrogens is 312 g/mol. The molecule has 2 bridgehead atoms. The first kappa shape index (κ1) is 15.9. The number of aryl methyl sites for hydroxylation is 1. The van der Waals surface area contributed by atoms with Gasteiger partial charge < -0.3 is 5.32 Å². The molecule has 1 heterocycles. The highest BCUT2D eigenvalue weighted by atomic mass is 16.2. The Balaban J connectivity index is 1.68. The number of fused-ring (bicyclic) bond motifs is 5. The maximum absolute atomic E-state index is 13.0. The van der Waals surface area contributed by atoms with Crippen LogP contribution in [0, 0.1) is 18.3 Å². The molecule has 1 aromatic heterocycles. The second-order valence-corrected chi connectivity index (χ2v) is 7.78. The van der Waals surface area contributed by atoms with Gasteiger partial charge >= 0.3 is 0 Å². The van der Waals surface area contributed by atoms with Crippen molar-refractivity contribution in [2.24, 2.45) is 0 Å². The number of anilines is 1. The van der Waals surface area contributed by atoms with Crippen LogP contribution in [0.25, 0.3) is 0 Å². The summed E-state index contributed by atoms with van der Waals surface area (Å²) in [5.41, 5.74) is 4.23. The lowest BCUT2D eigenvalue weighted by Gasteiger charge is -2.26. The molecule has 1 N–H and O–H groups in total. The summed E-state index contributed by atoms with van der Waals surface area (Å²) >= 11 is 0.